The first-order chi connectivity index (χ1) is 14.4. The van der Waals surface area contributed by atoms with Crippen LogP contribution < -0.4 is 10.6 Å². The minimum absolute atomic E-state index is 0.142. The van der Waals surface area contributed by atoms with Crippen LogP contribution in [0, 0.1) is 11.8 Å². The van der Waals surface area contributed by atoms with E-state index in [1.807, 2.05) is 32.0 Å². The molecular formula is C22H27N3O5. The average Bonchev–Trinajstić information content (AvgIpc) is 3.30. The highest BCUT2D eigenvalue weighted by atomic mass is 16.4. The number of aryl methyl sites for hydroxylation is 1. The van der Waals surface area contributed by atoms with Gasteiger partial charge in [-0.15, -0.1) is 0 Å². The highest BCUT2D eigenvalue weighted by Gasteiger charge is 2.70. The van der Waals surface area contributed by atoms with Gasteiger partial charge in [-0.05, 0) is 24.8 Å². The van der Waals surface area contributed by atoms with Crippen LogP contribution in [0.15, 0.2) is 18.2 Å². The third-order valence-corrected chi connectivity index (χ3v) is 6.71. The van der Waals surface area contributed by atoms with Crippen molar-refractivity contribution in [3.05, 3.63) is 29.3 Å². The molecule has 8 nitrogen and oxygen atoms in total. The number of carboxylic acid groups (broad SMARTS) is 1. The summed E-state index contributed by atoms with van der Waals surface area (Å²) in [6.07, 6.45) is 2.28. The summed E-state index contributed by atoms with van der Waals surface area (Å²) in [5.41, 5.74) is 0.993. The molecule has 3 N–H and O–H groups in total. The molecule has 4 rings (SSSR count). The molecular weight excluding hydrogens is 386 g/mol. The lowest BCUT2D eigenvalue weighted by atomic mass is 9.76. The highest BCUT2D eigenvalue weighted by molar-refractivity contribution is 6.15. The van der Waals surface area contributed by atoms with Crippen LogP contribution in [0.4, 0.5) is 5.69 Å². The number of rotatable bonds is 7. The lowest BCUT2D eigenvalue weighted by Gasteiger charge is -2.29. The van der Waals surface area contributed by atoms with Gasteiger partial charge in [0, 0.05) is 30.3 Å². The summed E-state index contributed by atoms with van der Waals surface area (Å²) in [6.45, 7) is 4.30. The van der Waals surface area contributed by atoms with Crippen LogP contribution >= 0.6 is 0 Å². The second kappa shape index (κ2) is 7.50. The zero-order valence-corrected chi connectivity index (χ0v) is 17.2. The number of unbranched alkanes of at least 4 members (excludes halogenated alkanes) is 1. The minimum atomic E-state index is -1.35. The van der Waals surface area contributed by atoms with Gasteiger partial charge in [-0.3, -0.25) is 29.4 Å². The van der Waals surface area contributed by atoms with Crippen molar-refractivity contribution < 1.29 is 24.3 Å². The third kappa shape index (κ3) is 2.77. The molecule has 3 aliphatic rings. The first-order valence-electron chi connectivity index (χ1n) is 10.6. The normalized spacial score (nSPS) is 29.5. The van der Waals surface area contributed by atoms with Crippen LogP contribution in [0.5, 0.6) is 0 Å². The molecule has 160 valence electrons. The molecule has 4 atom stereocenters. The van der Waals surface area contributed by atoms with E-state index < -0.39 is 29.4 Å². The molecule has 3 aliphatic heterocycles. The van der Waals surface area contributed by atoms with Crippen LogP contribution in [-0.4, -0.2) is 46.3 Å². The number of likely N-dealkylation sites (tertiary alicyclic amines) is 1. The average molecular weight is 413 g/mol. The smallest absolute Gasteiger partial charge is 0.303 e. The topological polar surface area (TPSA) is 116 Å². The number of nitrogens with zero attached hydrogens (tertiary/aromatic N) is 1. The number of nitrogens with one attached hydrogen (secondary N) is 2. The van der Waals surface area contributed by atoms with E-state index in [0.29, 0.717) is 30.6 Å². The fraction of sp³-hybridized carbons (Fsp3) is 0.545. The Bertz CT molecular complexity index is 929. The molecule has 3 heterocycles. The molecule has 1 spiro atoms. The Hall–Kier alpha value is -2.74. The second-order valence-electron chi connectivity index (χ2n) is 8.32. The van der Waals surface area contributed by atoms with Gasteiger partial charge in [0.2, 0.25) is 17.7 Å². The molecule has 0 radical (unpaired) electrons. The number of aliphatic carboxylic acids is 1. The van der Waals surface area contributed by atoms with Gasteiger partial charge in [-0.25, -0.2) is 0 Å². The van der Waals surface area contributed by atoms with Crippen molar-refractivity contribution >= 4 is 29.4 Å². The van der Waals surface area contributed by atoms with E-state index in [4.69, 9.17) is 5.11 Å². The first-order valence-corrected chi connectivity index (χ1v) is 10.6. The fourth-order valence-electron chi connectivity index (χ4n) is 5.31. The molecule has 2 saturated heterocycles. The van der Waals surface area contributed by atoms with Gasteiger partial charge in [0.15, 0.2) is 0 Å². The van der Waals surface area contributed by atoms with Gasteiger partial charge < -0.3 is 10.4 Å². The summed E-state index contributed by atoms with van der Waals surface area (Å²) in [7, 11) is 0. The Morgan fingerprint density at radius 3 is 2.63 bits per heavy atom. The number of carbonyl (C=O) groups excluding carboxylic acids is 3. The van der Waals surface area contributed by atoms with Gasteiger partial charge in [0.25, 0.3) is 0 Å². The first kappa shape index (κ1) is 20.5. The maximum Gasteiger partial charge on any atom is 0.303 e. The number of fused-ring (bicyclic) bond motifs is 4. The molecule has 0 unspecified atom stereocenters. The lowest BCUT2D eigenvalue weighted by molar-refractivity contribution is -0.143. The van der Waals surface area contributed by atoms with Crippen molar-refractivity contribution in [3.63, 3.8) is 0 Å². The Balaban J connectivity index is 1.82. The quantitative estimate of drug-likeness (QED) is 0.585. The number of carbonyl (C=O) groups is 4. The lowest BCUT2D eigenvalue weighted by Crippen LogP contribution is -2.53. The summed E-state index contributed by atoms with van der Waals surface area (Å²) >= 11 is 0. The van der Waals surface area contributed by atoms with Gasteiger partial charge in [0.1, 0.15) is 5.54 Å². The Labute approximate surface area is 175 Å². The van der Waals surface area contributed by atoms with Crippen LogP contribution in [0.1, 0.15) is 50.7 Å². The molecule has 1 aromatic carbocycles. The fourth-order valence-corrected chi connectivity index (χ4v) is 5.31. The van der Waals surface area contributed by atoms with E-state index in [1.54, 1.807) is 0 Å². The molecule has 1 aromatic rings. The molecule has 0 aromatic heterocycles. The van der Waals surface area contributed by atoms with Crippen LogP contribution in [-0.2, 0) is 31.1 Å². The Kier molecular flexibility index (Phi) is 5.13. The molecule has 0 bridgehead atoms. The monoisotopic (exact) mass is 413 g/mol. The predicted octanol–water partition coefficient (Wildman–Crippen LogP) is 1.63. The van der Waals surface area contributed by atoms with Crippen molar-refractivity contribution in [3.8, 4) is 0 Å². The number of anilines is 1. The second-order valence-corrected chi connectivity index (χ2v) is 8.32. The van der Waals surface area contributed by atoms with Crippen LogP contribution in [0.3, 0.4) is 0 Å². The van der Waals surface area contributed by atoms with Crippen LogP contribution in [0.25, 0.3) is 0 Å². The number of benzene rings is 1. The maximum absolute atomic E-state index is 13.4. The summed E-state index contributed by atoms with van der Waals surface area (Å²) in [4.78, 5) is 52.5. The number of hydrogen-bond acceptors (Lipinski definition) is 5. The van der Waals surface area contributed by atoms with E-state index in [2.05, 4.69) is 10.6 Å². The van der Waals surface area contributed by atoms with E-state index in [0.717, 1.165) is 12.0 Å². The zero-order valence-electron chi connectivity index (χ0n) is 17.2. The molecule has 3 amide bonds. The van der Waals surface area contributed by atoms with Gasteiger partial charge >= 0.3 is 5.97 Å². The van der Waals surface area contributed by atoms with Gasteiger partial charge in [0.05, 0.1) is 11.8 Å². The van der Waals surface area contributed by atoms with Crippen molar-refractivity contribution in [1.29, 1.82) is 0 Å². The van der Waals surface area contributed by atoms with E-state index in [-0.39, 0.29) is 30.6 Å². The number of para-hydroxylation sites is 1. The summed E-state index contributed by atoms with van der Waals surface area (Å²) in [6, 6.07) is 5.05. The van der Waals surface area contributed by atoms with E-state index in [1.165, 1.54) is 4.90 Å². The molecule has 2 fully saturated rings. The van der Waals surface area contributed by atoms with Crippen molar-refractivity contribution in [2.24, 2.45) is 11.8 Å². The minimum Gasteiger partial charge on any atom is -0.481 e. The molecule has 30 heavy (non-hydrogen) atoms. The van der Waals surface area contributed by atoms with Gasteiger partial charge in [-0.2, -0.15) is 0 Å². The van der Waals surface area contributed by atoms with Crippen molar-refractivity contribution in [2.45, 2.75) is 57.5 Å². The summed E-state index contributed by atoms with van der Waals surface area (Å²) in [5.74, 6) is -3.56. The predicted molar refractivity (Wildman–Crippen MR) is 109 cm³/mol. The SMILES string of the molecule is CCCCN1C(=O)[C@H]2[C@H](CCC(=O)O)N[C@@]3(C(=O)Nc4c(CC)cccc43)[C@@H]2C1=O. The highest BCUT2D eigenvalue weighted by Crippen LogP contribution is 2.54. The molecule has 0 aliphatic carbocycles. The zero-order chi connectivity index (χ0) is 21.6. The Morgan fingerprint density at radius 2 is 1.97 bits per heavy atom. The summed E-state index contributed by atoms with van der Waals surface area (Å²) in [5, 5.41) is 15.4. The number of hydrogen-bond donors (Lipinski definition) is 3. The van der Waals surface area contributed by atoms with E-state index in [9.17, 15) is 19.2 Å². The van der Waals surface area contributed by atoms with Gasteiger partial charge in [-0.1, -0.05) is 38.5 Å². The third-order valence-electron chi connectivity index (χ3n) is 6.71. The number of amides is 3. The summed E-state index contributed by atoms with van der Waals surface area (Å²) < 4.78 is 0. The molecule has 8 heteroatoms. The Morgan fingerprint density at radius 1 is 1.20 bits per heavy atom. The largest absolute Gasteiger partial charge is 0.481 e. The molecule has 0 saturated carbocycles. The van der Waals surface area contributed by atoms with Crippen molar-refractivity contribution in [2.75, 3.05) is 11.9 Å². The van der Waals surface area contributed by atoms with Crippen molar-refractivity contribution in [1.82, 2.24) is 10.2 Å². The number of carboxylic acids is 1. The van der Waals surface area contributed by atoms with Crippen LogP contribution in [0.2, 0.25) is 0 Å². The maximum atomic E-state index is 13.4. The standard InChI is InChI=1S/C22H27N3O5/c1-3-5-11-25-19(28)16-14(9-10-15(26)27)24-22(17(16)20(25)29)13-8-6-7-12(4-2)18(13)23-21(22)30/h6-8,14,16-17,24H,3-5,9-11H2,1-2H3,(H,23,30)(H,26,27)/t14-,16-,17-,22+/m0/s1. The number of imide groups is 1. The van der Waals surface area contributed by atoms with E-state index >= 15 is 0 Å².